The number of hydrogen-bond donors (Lipinski definition) is 1. The molecule has 1 fully saturated rings. The summed E-state index contributed by atoms with van der Waals surface area (Å²) < 4.78 is 5.41. The monoisotopic (exact) mass is 296 g/mol. The van der Waals surface area contributed by atoms with Crippen molar-refractivity contribution in [3.05, 3.63) is 28.8 Å². The molecule has 3 heteroatoms. The van der Waals surface area contributed by atoms with Gasteiger partial charge in [0.05, 0.1) is 13.2 Å². The molecular formula is C17H25ClO2. The van der Waals surface area contributed by atoms with Crippen molar-refractivity contribution in [2.75, 3.05) is 7.11 Å². The highest BCUT2D eigenvalue weighted by atomic mass is 35.5. The van der Waals surface area contributed by atoms with Gasteiger partial charge < -0.3 is 9.84 Å². The lowest BCUT2D eigenvalue weighted by molar-refractivity contribution is 0.0460. The molecule has 0 aromatic heterocycles. The van der Waals surface area contributed by atoms with Crippen LogP contribution < -0.4 is 4.74 Å². The van der Waals surface area contributed by atoms with Gasteiger partial charge in [-0.2, -0.15) is 0 Å². The van der Waals surface area contributed by atoms with Crippen molar-refractivity contribution in [1.29, 1.82) is 0 Å². The van der Waals surface area contributed by atoms with Gasteiger partial charge in [-0.15, -0.1) is 0 Å². The maximum absolute atomic E-state index is 10.3. The highest BCUT2D eigenvalue weighted by Gasteiger charge is 2.29. The van der Waals surface area contributed by atoms with Crippen LogP contribution in [0.5, 0.6) is 5.75 Å². The fourth-order valence-electron chi connectivity index (χ4n) is 3.42. The summed E-state index contributed by atoms with van der Waals surface area (Å²) in [5, 5.41) is 11.0. The number of benzene rings is 1. The highest BCUT2D eigenvalue weighted by Crippen LogP contribution is 2.36. The molecule has 0 radical (unpaired) electrons. The Kier molecular flexibility index (Phi) is 5.74. The maximum Gasteiger partial charge on any atom is 0.122 e. The molecule has 1 saturated carbocycles. The molecular weight excluding hydrogens is 272 g/mol. The number of halogens is 1. The van der Waals surface area contributed by atoms with E-state index in [0.29, 0.717) is 5.92 Å². The third kappa shape index (κ3) is 3.89. The van der Waals surface area contributed by atoms with E-state index < -0.39 is 0 Å². The average Bonchev–Trinajstić information content (AvgIpc) is 2.43. The van der Waals surface area contributed by atoms with Crippen LogP contribution in [0.3, 0.4) is 0 Å². The van der Waals surface area contributed by atoms with E-state index in [4.69, 9.17) is 16.3 Å². The summed E-state index contributed by atoms with van der Waals surface area (Å²) >= 11 is 6.09. The Bertz CT molecular complexity index is 433. The van der Waals surface area contributed by atoms with Crippen LogP contribution in [0.1, 0.15) is 44.6 Å². The van der Waals surface area contributed by atoms with Crippen molar-refractivity contribution >= 4 is 11.6 Å². The van der Waals surface area contributed by atoms with Crippen LogP contribution in [0.15, 0.2) is 18.2 Å². The standard InChI is InChI=1S/C17H25ClO2/c1-3-4-12-5-7-16(19)13(9-12)10-14-11-15(18)6-8-17(14)20-2/h6,8,11-13,16,19H,3-5,7,9-10H2,1-2H3. The van der Waals surface area contributed by atoms with E-state index in [1.165, 1.54) is 12.8 Å². The molecule has 2 rings (SSSR count). The zero-order valence-electron chi connectivity index (χ0n) is 12.4. The number of ether oxygens (including phenoxy) is 1. The minimum Gasteiger partial charge on any atom is -0.496 e. The number of aliphatic hydroxyl groups is 1. The van der Waals surface area contributed by atoms with Gasteiger partial charge in [-0.25, -0.2) is 0 Å². The molecule has 1 N–H and O–H groups in total. The molecule has 2 nitrogen and oxygen atoms in total. The predicted octanol–water partition coefficient (Wildman–Crippen LogP) is 4.47. The minimum atomic E-state index is -0.188. The molecule has 0 aliphatic heterocycles. The molecule has 1 aliphatic rings. The summed E-state index contributed by atoms with van der Waals surface area (Å²) in [7, 11) is 1.68. The van der Waals surface area contributed by atoms with E-state index >= 15 is 0 Å². The summed E-state index contributed by atoms with van der Waals surface area (Å²) in [5.74, 6) is 1.96. The Morgan fingerprint density at radius 3 is 2.85 bits per heavy atom. The van der Waals surface area contributed by atoms with Crippen molar-refractivity contribution in [2.24, 2.45) is 11.8 Å². The molecule has 1 aromatic carbocycles. The SMILES string of the molecule is CCCC1CCC(O)C(Cc2cc(Cl)ccc2OC)C1. The fourth-order valence-corrected chi connectivity index (χ4v) is 3.62. The third-order valence-electron chi connectivity index (χ3n) is 4.47. The van der Waals surface area contributed by atoms with Crippen LogP contribution in [-0.4, -0.2) is 18.3 Å². The van der Waals surface area contributed by atoms with Crippen LogP contribution in [-0.2, 0) is 6.42 Å². The summed E-state index contributed by atoms with van der Waals surface area (Å²) in [5.41, 5.74) is 1.11. The average molecular weight is 297 g/mol. The van der Waals surface area contributed by atoms with E-state index in [9.17, 15) is 5.11 Å². The van der Waals surface area contributed by atoms with E-state index in [0.717, 1.165) is 47.9 Å². The molecule has 20 heavy (non-hydrogen) atoms. The molecule has 0 spiro atoms. The quantitative estimate of drug-likeness (QED) is 0.869. The third-order valence-corrected chi connectivity index (χ3v) is 4.71. The lowest BCUT2D eigenvalue weighted by atomic mass is 9.75. The van der Waals surface area contributed by atoms with Gasteiger partial charge in [-0.1, -0.05) is 31.4 Å². The second-order valence-electron chi connectivity index (χ2n) is 5.96. The van der Waals surface area contributed by atoms with Gasteiger partial charge >= 0.3 is 0 Å². The second kappa shape index (κ2) is 7.33. The zero-order chi connectivity index (χ0) is 14.5. The summed E-state index contributed by atoms with van der Waals surface area (Å²) in [6, 6.07) is 5.73. The maximum atomic E-state index is 10.3. The molecule has 112 valence electrons. The van der Waals surface area contributed by atoms with Crippen LogP contribution in [0.25, 0.3) is 0 Å². The summed E-state index contributed by atoms with van der Waals surface area (Å²) in [6.07, 6.45) is 6.38. The van der Waals surface area contributed by atoms with Gasteiger partial charge in [-0.05, 0) is 61.3 Å². The van der Waals surface area contributed by atoms with Crippen LogP contribution >= 0.6 is 11.6 Å². The van der Waals surface area contributed by atoms with Gasteiger partial charge in [0.1, 0.15) is 5.75 Å². The van der Waals surface area contributed by atoms with E-state index in [1.807, 2.05) is 18.2 Å². The van der Waals surface area contributed by atoms with Crippen molar-refractivity contribution < 1.29 is 9.84 Å². The fraction of sp³-hybridized carbons (Fsp3) is 0.647. The van der Waals surface area contributed by atoms with E-state index in [1.54, 1.807) is 7.11 Å². The lowest BCUT2D eigenvalue weighted by Crippen LogP contribution is -2.30. The topological polar surface area (TPSA) is 29.5 Å². The Balaban J connectivity index is 2.09. The molecule has 0 saturated heterocycles. The Morgan fingerprint density at radius 2 is 2.15 bits per heavy atom. The minimum absolute atomic E-state index is 0.188. The lowest BCUT2D eigenvalue weighted by Gasteiger charge is -2.33. The number of hydrogen-bond acceptors (Lipinski definition) is 2. The smallest absolute Gasteiger partial charge is 0.122 e. The molecule has 1 aliphatic carbocycles. The number of methoxy groups -OCH3 is 1. The normalized spacial score (nSPS) is 26.5. The molecule has 3 atom stereocenters. The first kappa shape index (κ1) is 15.7. The van der Waals surface area contributed by atoms with E-state index in [-0.39, 0.29) is 6.10 Å². The van der Waals surface area contributed by atoms with E-state index in [2.05, 4.69) is 6.92 Å². The van der Waals surface area contributed by atoms with Crippen LogP contribution in [0.4, 0.5) is 0 Å². The summed E-state index contributed by atoms with van der Waals surface area (Å²) in [6.45, 7) is 2.24. The van der Waals surface area contributed by atoms with Crippen LogP contribution in [0, 0.1) is 11.8 Å². The molecule has 3 unspecified atom stereocenters. The highest BCUT2D eigenvalue weighted by molar-refractivity contribution is 6.30. The van der Waals surface area contributed by atoms with Crippen molar-refractivity contribution in [2.45, 2.75) is 51.6 Å². The molecule has 0 heterocycles. The first-order valence-corrected chi connectivity index (χ1v) is 8.02. The molecule has 0 bridgehead atoms. The van der Waals surface area contributed by atoms with Crippen LogP contribution in [0.2, 0.25) is 5.02 Å². The van der Waals surface area contributed by atoms with Crippen molar-refractivity contribution in [3.8, 4) is 5.75 Å². The van der Waals surface area contributed by atoms with Crippen molar-refractivity contribution in [1.82, 2.24) is 0 Å². The predicted molar refractivity (Wildman–Crippen MR) is 83.5 cm³/mol. The Morgan fingerprint density at radius 1 is 1.35 bits per heavy atom. The Hall–Kier alpha value is -0.730. The van der Waals surface area contributed by atoms with Gasteiger partial charge in [0, 0.05) is 5.02 Å². The van der Waals surface area contributed by atoms with Gasteiger partial charge in [-0.3, -0.25) is 0 Å². The van der Waals surface area contributed by atoms with Gasteiger partial charge in [0.25, 0.3) is 0 Å². The van der Waals surface area contributed by atoms with Gasteiger partial charge in [0.2, 0.25) is 0 Å². The molecule has 0 amide bonds. The summed E-state index contributed by atoms with van der Waals surface area (Å²) in [4.78, 5) is 0. The van der Waals surface area contributed by atoms with Gasteiger partial charge in [0.15, 0.2) is 0 Å². The largest absolute Gasteiger partial charge is 0.496 e. The first-order chi connectivity index (χ1) is 9.63. The van der Waals surface area contributed by atoms with Crippen molar-refractivity contribution in [3.63, 3.8) is 0 Å². The Labute approximate surface area is 127 Å². The zero-order valence-corrected chi connectivity index (χ0v) is 13.2. The molecule has 1 aromatic rings. The first-order valence-electron chi connectivity index (χ1n) is 7.64. The number of rotatable bonds is 5. The second-order valence-corrected chi connectivity index (χ2v) is 6.39. The number of aliphatic hydroxyl groups excluding tert-OH is 1.